The molecule has 0 heterocycles. The largest absolute Gasteiger partial charge is 0.296 e. The van der Waals surface area contributed by atoms with Crippen molar-refractivity contribution in [3.8, 4) is 0 Å². The highest BCUT2D eigenvalue weighted by molar-refractivity contribution is 7.90. The van der Waals surface area contributed by atoms with Gasteiger partial charge in [-0.25, -0.2) is 9.53 Å². The lowest BCUT2D eigenvalue weighted by Gasteiger charge is -2.07. The van der Waals surface area contributed by atoms with Crippen LogP contribution in [-0.4, -0.2) is 8.42 Å². The average Bonchev–Trinajstić information content (AvgIpc) is 1.95. The van der Waals surface area contributed by atoms with E-state index in [4.69, 9.17) is 5.14 Å². The summed E-state index contributed by atoms with van der Waals surface area (Å²) in [7, 11) is -3.91. The zero-order valence-corrected chi connectivity index (χ0v) is 7.73. The number of halogens is 1. The molecule has 0 saturated carbocycles. The monoisotopic (exact) mass is 204 g/mol. The first-order valence-electron chi connectivity index (χ1n) is 3.46. The molecule has 0 fully saturated rings. The molecule has 0 amide bonds. The summed E-state index contributed by atoms with van der Waals surface area (Å²) < 4.78 is 36.1. The first-order chi connectivity index (χ1) is 5.90. The fraction of sp³-hybridized carbons (Fsp3) is 0.143. The van der Waals surface area contributed by atoms with E-state index in [9.17, 15) is 12.8 Å². The van der Waals surface area contributed by atoms with Crippen molar-refractivity contribution in [1.82, 2.24) is 0 Å². The smallest absolute Gasteiger partial charge is 0.268 e. The molecule has 0 aliphatic rings. The molecule has 0 radical (unpaired) electrons. The van der Waals surface area contributed by atoms with Crippen LogP contribution in [0.1, 0.15) is 5.56 Å². The maximum atomic E-state index is 13.0. The van der Waals surface area contributed by atoms with E-state index in [1.165, 1.54) is 6.07 Å². The molecule has 1 rings (SSSR count). The number of hydrogen-bond donors (Lipinski definition) is 2. The first-order valence-corrected chi connectivity index (χ1v) is 5.00. The third kappa shape index (κ3) is 2.67. The van der Waals surface area contributed by atoms with Crippen LogP contribution in [0.3, 0.4) is 0 Å². The predicted molar refractivity (Wildman–Crippen MR) is 47.9 cm³/mol. The van der Waals surface area contributed by atoms with Crippen LogP contribution >= 0.6 is 0 Å². The number of anilines is 1. The summed E-state index contributed by atoms with van der Waals surface area (Å²) in [5, 5.41) is 4.70. The van der Waals surface area contributed by atoms with Crippen molar-refractivity contribution in [3.05, 3.63) is 29.6 Å². The van der Waals surface area contributed by atoms with Crippen molar-refractivity contribution < 1.29 is 12.8 Å². The molecular weight excluding hydrogens is 195 g/mol. The van der Waals surface area contributed by atoms with Gasteiger partial charge in [-0.3, -0.25) is 4.72 Å². The van der Waals surface area contributed by atoms with Crippen LogP contribution in [0.25, 0.3) is 0 Å². The second kappa shape index (κ2) is 3.31. The van der Waals surface area contributed by atoms with Gasteiger partial charge in [-0.2, -0.15) is 8.42 Å². The van der Waals surface area contributed by atoms with Crippen molar-refractivity contribution in [2.24, 2.45) is 5.14 Å². The Labute approximate surface area is 75.7 Å². The molecular formula is C7H9FN2O2S. The van der Waals surface area contributed by atoms with E-state index in [0.717, 1.165) is 6.07 Å². The summed E-state index contributed by atoms with van der Waals surface area (Å²) in [6, 6.07) is 4.22. The molecule has 6 heteroatoms. The van der Waals surface area contributed by atoms with Crippen LogP contribution in [0.15, 0.2) is 18.2 Å². The second-order valence-electron chi connectivity index (χ2n) is 2.58. The molecule has 0 atom stereocenters. The number of rotatable bonds is 2. The Hall–Kier alpha value is -1.14. The minimum absolute atomic E-state index is 0.106. The van der Waals surface area contributed by atoms with Gasteiger partial charge in [0.15, 0.2) is 0 Å². The zero-order valence-electron chi connectivity index (χ0n) is 6.91. The van der Waals surface area contributed by atoms with Gasteiger partial charge in [0.25, 0.3) is 10.2 Å². The van der Waals surface area contributed by atoms with E-state index in [1.54, 1.807) is 13.0 Å². The average molecular weight is 204 g/mol. The number of hydrogen-bond acceptors (Lipinski definition) is 2. The highest BCUT2D eigenvalue weighted by atomic mass is 32.2. The lowest BCUT2D eigenvalue weighted by atomic mass is 10.2. The van der Waals surface area contributed by atoms with Crippen molar-refractivity contribution in [1.29, 1.82) is 0 Å². The Balaban J connectivity index is 3.15. The Morgan fingerprint density at radius 1 is 1.46 bits per heavy atom. The highest BCUT2D eigenvalue weighted by Gasteiger charge is 2.09. The first kappa shape index (κ1) is 9.94. The number of nitrogens with one attached hydrogen (secondary N) is 1. The van der Waals surface area contributed by atoms with Gasteiger partial charge in [0.05, 0.1) is 5.69 Å². The van der Waals surface area contributed by atoms with Gasteiger partial charge in [-0.05, 0) is 18.6 Å². The number of nitrogens with two attached hydrogens (primary N) is 1. The van der Waals surface area contributed by atoms with Crippen molar-refractivity contribution in [2.75, 3.05) is 4.72 Å². The van der Waals surface area contributed by atoms with E-state index in [1.807, 2.05) is 4.72 Å². The fourth-order valence-corrected chi connectivity index (χ4v) is 1.45. The molecule has 13 heavy (non-hydrogen) atoms. The summed E-state index contributed by atoms with van der Waals surface area (Å²) in [5.74, 6) is -0.644. The Morgan fingerprint density at radius 2 is 2.08 bits per heavy atom. The second-order valence-corrected chi connectivity index (χ2v) is 3.87. The zero-order chi connectivity index (χ0) is 10.1. The molecule has 72 valence electrons. The quantitative estimate of drug-likeness (QED) is 0.746. The van der Waals surface area contributed by atoms with Crippen LogP contribution in [0.2, 0.25) is 0 Å². The molecule has 0 aliphatic heterocycles. The van der Waals surface area contributed by atoms with Gasteiger partial charge in [0.1, 0.15) is 5.82 Å². The van der Waals surface area contributed by atoms with E-state index in [-0.39, 0.29) is 5.69 Å². The van der Waals surface area contributed by atoms with E-state index in [2.05, 4.69) is 0 Å². The Bertz CT molecular complexity index is 396. The molecule has 0 bridgehead atoms. The molecule has 0 saturated heterocycles. The molecule has 0 unspecified atom stereocenters. The van der Waals surface area contributed by atoms with Crippen molar-refractivity contribution in [2.45, 2.75) is 6.92 Å². The summed E-state index contributed by atoms with van der Waals surface area (Å²) in [4.78, 5) is 0. The van der Waals surface area contributed by atoms with Gasteiger partial charge < -0.3 is 0 Å². The van der Waals surface area contributed by atoms with Crippen LogP contribution in [0.5, 0.6) is 0 Å². The van der Waals surface area contributed by atoms with Crippen LogP contribution in [-0.2, 0) is 10.2 Å². The lowest BCUT2D eigenvalue weighted by Crippen LogP contribution is -2.22. The minimum atomic E-state index is -3.91. The Kier molecular flexibility index (Phi) is 2.53. The van der Waals surface area contributed by atoms with Gasteiger partial charge >= 0.3 is 0 Å². The molecule has 3 N–H and O–H groups in total. The highest BCUT2D eigenvalue weighted by Crippen LogP contribution is 2.18. The van der Waals surface area contributed by atoms with Crippen LogP contribution in [0.4, 0.5) is 10.1 Å². The molecule has 1 aromatic rings. The van der Waals surface area contributed by atoms with Crippen LogP contribution in [0, 0.1) is 12.7 Å². The normalized spacial score (nSPS) is 11.3. The SMILES string of the molecule is Cc1cccc(F)c1NS(N)(=O)=O. The van der Waals surface area contributed by atoms with Crippen LogP contribution < -0.4 is 9.86 Å². The molecule has 0 aromatic heterocycles. The van der Waals surface area contributed by atoms with Gasteiger partial charge in [-0.1, -0.05) is 12.1 Å². The maximum absolute atomic E-state index is 13.0. The van der Waals surface area contributed by atoms with E-state index < -0.39 is 16.0 Å². The minimum Gasteiger partial charge on any atom is -0.268 e. The van der Waals surface area contributed by atoms with E-state index in [0.29, 0.717) is 5.56 Å². The summed E-state index contributed by atoms with van der Waals surface area (Å²) >= 11 is 0. The van der Waals surface area contributed by atoms with Crippen molar-refractivity contribution in [3.63, 3.8) is 0 Å². The number of aryl methyl sites for hydroxylation is 1. The predicted octanol–water partition coefficient (Wildman–Crippen LogP) is 0.750. The fourth-order valence-electron chi connectivity index (χ4n) is 0.903. The standard InChI is InChI=1S/C7H9FN2O2S/c1-5-3-2-4-6(8)7(5)10-13(9,11)12/h2-4,10H,1H3,(H2,9,11,12). The molecule has 0 spiro atoms. The summed E-state index contributed by atoms with van der Waals surface area (Å²) in [6.07, 6.45) is 0. The Morgan fingerprint density at radius 3 is 2.54 bits per heavy atom. The molecule has 4 nitrogen and oxygen atoms in total. The summed E-state index contributed by atoms with van der Waals surface area (Å²) in [6.45, 7) is 1.58. The lowest BCUT2D eigenvalue weighted by molar-refractivity contribution is 0.600. The maximum Gasteiger partial charge on any atom is 0.296 e. The third-order valence-corrected chi connectivity index (χ3v) is 1.95. The molecule has 1 aromatic carbocycles. The van der Waals surface area contributed by atoms with Crippen molar-refractivity contribution >= 4 is 15.9 Å². The molecule has 0 aliphatic carbocycles. The van der Waals surface area contributed by atoms with E-state index >= 15 is 0 Å². The van der Waals surface area contributed by atoms with Gasteiger partial charge in [0, 0.05) is 0 Å². The van der Waals surface area contributed by atoms with Gasteiger partial charge in [0.2, 0.25) is 0 Å². The topological polar surface area (TPSA) is 72.2 Å². The number of para-hydroxylation sites is 1. The summed E-state index contributed by atoms with van der Waals surface area (Å²) in [5.41, 5.74) is 0.374. The number of benzene rings is 1. The van der Waals surface area contributed by atoms with Gasteiger partial charge in [-0.15, -0.1) is 0 Å². The third-order valence-electron chi connectivity index (χ3n) is 1.47.